The molecule has 0 radical (unpaired) electrons. The Bertz CT molecular complexity index is 289. The molecular weight excluding hydrogens is 270 g/mol. The average Bonchev–Trinajstić information content (AvgIpc) is 2.73. The van der Waals surface area contributed by atoms with Gasteiger partial charge in [-0.1, -0.05) is 6.92 Å². The molecule has 0 aliphatic carbocycles. The molecule has 1 heterocycles. The number of amides is 2. The largest absolute Gasteiger partial charge is 0.383 e. The molecule has 1 aliphatic heterocycles. The normalized spacial score (nSPS) is 18.3. The van der Waals surface area contributed by atoms with E-state index in [9.17, 15) is 9.59 Å². The van der Waals surface area contributed by atoms with Gasteiger partial charge in [0.05, 0.1) is 12.5 Å². The first-order chi connectivity index (χ1) is 8.69. The van der Waals surface area contributed by atoms with E-state index >= 15 is 0 Å². The number of ether oxygens (including phenoxy) is 1. The number of hydrogen-bond donors (Lipinski definition) is 2. The molecule has 112 valence electrons. The lowest BCUT2D eigenvalue weighted by Crippen LogP contribution is -2.37. The smallest absolute Gasteiger partial charge is 0.225 e. The molecule has 19 heavy (non-hydrogen) atoms. The molecule has 0 aromatic rings. The van der Waals surface area contributed by atoms with Crippen LogP contribution in [-0.2, 0) is 14.3 Å². The van der Waals surface area contributed by atoms with E-state index in [1.54, 1.807) is 12.0 Å². The van der Waals surface area contributed by atoms with Crippen LogP contribution in [0.1, 0.15) is 13.3 Å². The fraction of sp³-hybridized carbons (Fsp3) is 0.833. The molecule has 7 heteroatoms. The van der Waals surface area contributed by atoms with Crippen molar-refractivity contribution in [2.45, 2.75) is 13.3 Å². The highest BCUT2D eigenvalue weighted by atomic mass is 35.5. The van der Waals surface area contributed by atoms with Crippen LogP contribution in [0.15, 0.2) is 0 Å². The summed E-state index contributed by atoms with van der Waals surface area (Å²) in [6, 6.07) is 0. The van der Waals surface area contributed by atoms with E-state index in [0.29, 0.717) is 32.7 Å². The van der Waals surface area contributed by atoms with E-state index < -0.39 is 0 Å². The molecule has 2 amide bonds. The summed E-state index contributed by atoms with van der Waals surface area (Å²) >= 11 is 0. The number of nitrogens with one attached hydrogen (secondary N) is 2. The Kier molecular flexibility index (Phi) is 9.55. The van der Waals surface area contributed by atoms with Gasteiger partial charge in [0.25, 0.3) is 0 Å². The van der Waals surface area contributed by atoms with Crippen LogP contribution >= 0.6 is 12.4 Å². The van der Waals surface area contributed by atoms with Crippen molar-refractivity contribution in [2.24, 2.45) is 5.92 Å². The molecule has 0 aromatic heterocycles. The molecule has 1 fully saturated rings. The van der Waals surface area contributed by atoms with E-state index in [2.05, 4.69) is 10.6 Å². The van der Waals surface area contributed by atoms with Crippen molar-refractivity contribution in [3.05, 3.63) is 0 Å². The first-order valence-electron chi connectivity index (χ1n) is 6.44. The zero-order valence-corrected chi connectivity index (χ0v) is 12.4. The van der Waals surface area contributed by atoms with Crippen molar-refractivity contribution in [1.82, 2.24) is 15.5 Å². The molecule has 1 aliphatic rings. The van der Waals surface area contributed by atoms with Gasteiger partial charge >= 0.3 is 0 Å². The van der Waals surface area contributed by atoms with Gasteiger partial charge < -0.3 is 20.3 Å². The van der Waals surface area contributed by atoms with Crippen LogP contribution in [0, 0.1) is 5.92 Å². The minimum absolute atomic E-state index is 0. The summed E-state index contributed by atoms with van der Waals surface area (Å²) in [4.78, 5) is 25.2. The lowest BCUT2D eigenvalue weighted by atomic mass is 10.1. The molecule has 0 saturated carbocycles. The summed E-state index contributed by atoms with van der Waals surface area (Å²) in [5.74, 6) is -0.198. The third-order valence-corrected chi connectivity index (χ3v) is 3.00. The van der Waals surface area contributed by atoms with Gasteiger partial charge in [-0.15, -0.1) is 12.4 Å². The van der Waals surface area contributed by atoms with Gasteiger partial charge in [-0.3, -0.25) is 9.59 Å². The molecule has 1 atom stereocenters. The van der Waals surface area contributed by atoms with Crippen LogP contribution in [-0.4, -0.2) is 63.2 Å². The molecule has 0 bridgehead atoms. The van der Waals surface area contributed by atoms with Gasteiger partial charge in [0.15, 0.2) is 0 Å². The molecule has 1 unspecified atom stereocenters. The van der Waals surface area contributed by atoms with Gasteiger partial charge in [0.1, 0.15) is 0 Å². The minimum Gasteiger partial charge on any atom is -0.383 e. The number of likely N-dealkylation sites (tertiary alicyclic amines) is 1. The summed E-state index contributed by atoms with van der Waals surface area (Å²) in [6.07, 6.45) is 0.316. The second kappa shape index (κ2) is 10.00. The highest BCUT2D eigenvalue weighted by molar-refractivity contribution is 5.89. The minimum atomic E-state index is -0.212. The van der Waals surface area contributed by atoms with E-state index in [1.165, 1.54) is 0 Å². The van der Waals surface area contributed by atoms with Crippen molar-refractivity contribution in [3.63, 3.8) is 0 Å². The van der Waals surface area contributed by atoms with Gasteiger partial charge in [-0.2, -0.15) is 0 Å². The monoisotopic (exact) mass is 293 g/mol. The Hall–Kier alpha value is -0.850. The van der Waals surface area contributed by atoms with E-state index in [-0.39, 0.29) is 30.1 Å². The number of hydrogen-bond acceptors (Lipinski definition) is 4. The lowest BCUT2D eigenvalue weighted by molar-refractivity contribution is -0.129. The van der Waals surface area contributed by atoms with E-state index in [4.69, 9.17) is 4.74 Å². The standard InChI is InChI=1S/C12H23N3O3.ClH/c1-3-13-4-5-14-12(17)10-8-11(16)15(9-10)6-7-18-2;/h10,13H,3-9H2,1-2H3,(H,14,17);1H. The molecule has 2 N–H and O–H groups in total. The Morgan fingerprint density at radius 1 is 1.47 bits per heavy atom. The topological polar surface area (TPSA) is 70.7 Å². The molecule has 0 aromatic carbocycles. The molecular formula is C12H24ClN3O3. The second-order valence-electron chi connectivity index (χ2n) is 4.38. The van der Waals surface area contributed by atoms with E-state index in [1.807, 2.05) is 6.92 Å². The maximum atomic E-state index is 11.8. The number of likely N-dealkylation sites (N-methyl/N-ethyl adjacent to an activating group) is 1. The highest BCUT2D eigenvalue weighted by Gasteiger charge is 2.33. The number of halogens is 1. The maximum absolute atomic E-state index is 11.8. The summed E-state index contributed by atoms with van der Waals surface area (Å²) in [5, 5.41) is 5.98. The summed E-state index contributed by atoms with van der Waals surface area (Å²) in [5.41, 5.74) is 0. The molecule has 6 nitrogen and oxygen atoms in total. The Balaban J connectivity index is 0.00000324. The Morgan fingerprint density at radius 2 is 2.21 bits per heavy atom. The summed E-state index contributed by atoms with van der Waals surface area (Å²) < 4.78 is 4.94. The second-order valence-corrected chi connectivity index (χ2v) is 4.38. The number of methoxy groups -OCH3 is 1. The van der Waals surface area contributed by atoms with Crippen molar-refractivity contribution in [2.75, 3.05) is 46.4 Å². The molecule has 1 rings (SSSR count). The Labute approximate surface area is 120 Å². The average molecular weight is 294 g/mol. The number of rotatable bonds is 8. The van der Waals surface area contributed by atoms with Gasteiger partial charge in [0, 0.05) is 39.7 Å². The van der Waals surface area contributed by atoms with Crippen molar-refractivity contribution < 1.29 is 14.3 Å². The van der Waals surface area contributed by atoms with Gasteiger partial charge in [0.2, 0.25) is 11.8 Å². The number of carbonyl (C=O) groups is 2. The third kappa shape index (κ3) is 6.22. The predicted molar refractivity (Wildman–Crippen MR) is 75.4 cm³/mol. The fourth-order valence-corrected chi connectivity index (χ4v) is 1.96. The maximum Gasteiger partial charge on any atom is 0.225 e. The lowest BCUT2D eigenvalue weighted by Gasteiger charge is -2.15. The van der Waals surface area contributed by atoms with E-state index in [0.717, 1.165) is 13.1 Å². The number of carbonyl (C=O) groups excluding carboxylic acids is 2. The SMILES string of the molecule is CCNCCNC(=O)C1CC(=O)N(CCOC)C1.Cl. The van der Waals surface area contributed by atoms with Gasteiger partial charge in [-0.05, 0) is 6.54 Å². The first kappa shape index (κ1) is 18.1. The predicted octanol–water partition coefficient (Wildman–Crippen LogP) is -0.371. The van der Waals surface area contributed by atoms with Crippen LogP contribution in [0.25, 0.3) is 0 Å². The van der Waals surface area contributed by atoms with Crippen LogP contribution in [0.4, 0.5) is 0 Å². The highest BCUT2D eigenvalue weighted by Crippen LogP contribution is 2.17. The fourth-order valence-electron chi connectivity index (χ4n) is 1.96. The Morgan fingerprint density at radius 3 is 2.84 bits per heavy atom. The molecule has 1 saturated heterocycles. The van der Waals surface area contributed by atoms with Crippen molar-refractivity contribution in [3.8, 4) is 0 Å². The number of nitrogens with zero attached hydrogens (tertiary/aromatic N) is 1. The molecule has 0 spiro atoms. The summed E-state index contributed by atoms with van der Waals surface area (Å²) in [7, 11) is 1.60. The van der Waals surface area contributed by atoms with Gasteiger partial charge in [-0.25, -0.2) is 0 Å². The van der Waals surface area contributed by atoms with Crippen LogP contribution in [0.3, 0.4) is 0 Å². The van der Waals surface area contributed by atoms with Crippen LogP contribution in [0.2, 0.25) is 0 Å². The third-order valence-electron chi connectivity index (χ3n) is 3.00. The first-order valence-corrected chi connectivity index (χ1v) is 6.44. The quantitative estimate of drug-likeness (QED) is 0.599. The zero-order chi connectivity index (χ0) is 13.4. The zero-order valence-electron chi connectivity index (χ0n) is 11.6. The summed E-state index contributed by atoms with van der Waals surface area (Å²) in [6.45, 7) is 5.87. The van der Waals surface area contributed by atoms with Crippen LogP contribution < -0.4 is 10.6 Å². The van der Waals surface area contributed by atoms with Crippen LogP contribution in [0.5, 0.6) is 0 Å². The van der Waals surface area contributed by atoms with Crippen molar-refractivity contribution in [1.29, 1.82) is 0 Å². The van der Waals surface area contributed by atoms with Crippen molar-refractivity contribution >= 4 is 24.2 Å².